The Bertz CT molecular complexity index is 1030. The molecule has 1 aromatic heterocycles. The van der Waals surface area contributed by atoms with E-state index in [2.05, 4.69) is 16.4 Å². The van der Waals surface area contributed by atoms with Crippen molar-refractivity contribution in [1.82, 2.24) is 15.2 Å². The molecule has 0 saturated heterocycles. The molecule has 27 heavy (non-hydrogen) atoms. The minimum atomic E-state index is -0.625. The van der Waals surface area contributed by atoms with Crippen LogP contribution in [-0.4, -0.2) is 34.3 Å². The molecule has 1 aliphatic heterocycles. The van der Waals surface area contributed by atoms with Gasteiger partial charge >= 0.3 is 0 Å². The van der Waals surface area contributed by atoms with E-state index in [9.17, 15) is 9.59 Å². The molecule has 4 rings (SSSR count). The van der Waals surface area contributed by atoms with Gasteiger partial charge in [-0.05, 0) is 25.1 Å². The molecule has 2 aromatic carbocycles. The normalized spacial score (nSPS) is 14.7. The first-order chi connectivity index (χ1) is 13.0. The van der Waals surface area contributed by atoms with Gasteiger partial charge in [-0.3, -0.25) is 9.59 Å². The number of para-hydroxylation sites is 1. The van der Waals surface area contributed by atoms with Crippen molar-refractivity contribution >= 4 is 34.3 Å². The van der Waals surface area contributed by atoms with E-state index in [4.69, 9.17) is 11.6 Å². The molecule has 0 spiro atoms. The Morgan fingerprint density at radius 3 is 2.70 bits per heavy atom. The number of rotatable bonds is 3. The molecule has 0 aliphatic carbocycles. The summed E-state index contributed by atoms with van der Waals surface area (Å²) >= 11 is 6.07. The number of aromatic amines is 1. The lowest BCUT2D eigenvalue weighted by Gasteiger charge is -2.30. The van der Waals surface area contributed by atoms with Crippen molar-refractivity contribution in [1.29, 1.82) is 0 Å². The number of H-pyrrole nitrogens is 1. The van der Waals surface area contributed by atoms with Crippen LogP contribution in [0.4, 0.5) is 0 Å². The number of hydrogen-bond acceptors (Lipinski definition) is 2. The summed E-state index contributed by atoms with van der Waals surface area (Å²) in [5.74, 6) is -0.433. The van der Waals surface area contributed by atoms with E-state index < -0.39 is 6.04 Å². The number of halogens is 1. The smallest absolute Gasteiger partial charge is 0.253 e. The summed E-state index contributed by atoms with van der Waals surface area (Å²) in [6, 6.07) is 14.3. The van der Waals surface area contributed by atoms with Gasteiger partial charge < -0.3 is 15.2 Å². The molecule has 138 valence electrons. The fourth-order valence-electron chi connectivity index (χ4n) is 3.61. The van der Waals surface area contributed by atoms with Crippen LogP contribution in [0.3, 0.4) is 0 Å². The lowest BCUT2D eigenvalue weighted by molar-refractivity contribution is -0.133. The zero-order valence-electron chi connectivity index (χ0n) is 15.0. The first kappa shape index (κ1) is 17.6. The second kappa shape index (κ2) is 7.08. The van der Waals surface area contributed by atoms with Crippen LogP contribution >= 0.6 is 11.6 Å². The number of nitrogens with zero attached hydrogens (tertiary/aromatic N) is 1. The number of carbonyl (C=O) groups excluding carboxylic acids is 2. The number of fused-ring (bicyclic) bond motifs is 3. The summed E-state index contributed by atoms with van der Waals surface area (Å²) in [4.78, 5) is 30.6. The van der Waals surface area contributed by atoms with E-state index in [0.717, 1.165) is 22.9 Å². The maximum atomic E-state index is 12.9. The molecule has 0 unspecified atom stereocenters. The summed E-state index contributed by atoms with van der Waals surface area (Å²) in [6.07, 6.45) is 0.779. The van der Waals surface area contributed by atoms with Gasteiger partial charge in [0.15, 0.2) is 0 Å². The van der Waals surface area contributed by atoms with E-state index >= 15 is 0 Å². The molecule has 2 N–H and O–H groups in total. The molecule has 5 nitrogen and oxygen atoms in total. The standard InChI is InChI=1S/C21H20ClN3O2/c1-13(23-20(26)15-7-2-4-8-17(15)22)21(27)25-11-10-19-16(12-25)14-6-3-5-9-18(14)24-19/h2-9,13,24H,10-12H2,1H3,(H,23,26)/t13-/m1/s1. The third-order valence-corrected chi connectivity index (χ3v) is 5.36. The van der Waals surface area contributed by atoms with Crippen LogP contribution < -0.4 is 5.32 Å². The topological polar surface area (TPSA) is 65.2 Å². The Morgan fingerprint density at radius 2 is 1.89 bits per heavy atom. The third kappa shape index (κ3) is 3.30. The van der Waals surface area contributed by atoms with Gasteiger partial charge in [0.05, 0.1) is 10.6 Å². The van der Waals surface area contributed by atoms with Gasteiger partial charge in [-0.15, -0.1) is 0 Å². The fraction of sp³-hybridized carbons (Fsp3) is 0.238. The number of nitrogens with one attached hydrogen (secondary N) is 2. The van der Waals surface area contributed by atoms with Crippen LogP contribution in [0.25, 0.3) is 10.9 Å². The van der Waals surface area contributed by atoms with Crippen molar-refractivity contribution in [2.45, 2.75) is 25.9 Å². The Hall–Kier alpha value is -2.79. The minimum absolute atomic E-state index is 0.0914. The first-order valence-electron chi connectivity index (χ1n) is 8.97. The largest absolute Gasteiger partial charge is 0.358 e. The summed E-state index contributed by atoms with van der Waals surface area (Å²) in [6.45, 7) is 2.89. The summed E-state index contributed by atoms with van der Waals surface area (Å²) in [5.41, 5.74) is 3.82. The Labute approximate surface area is 162 Å². The molecule has 6 heteroatoms. The second-order valence-corrected chi connectivity index (χ2v) is 7.22. The van der Waals surface area contributed by atoms with Crippen LogP contribution in [0.2, 0.25) is 5.02 Å². The van der Waals surface area contributed by atoms with Gasteiger partial charge in [0.25, 0.3) is 5.91 Å². The first-order valence-corrected chi connectivity index (χ1v) is 9.35. The van der Waals surface area contributed by atoms with E-state index in [1.807, 2.05) is 18.2 Å². The molecule has 2 amide bonds. The maximum absolute atomic E-state index is 12.9. The molecule has 0 radical (unpaired) electrons. The van der Waals surface area contributed by atoms with Crippen molar-refractivity contribution in [3.05, 3.63) is 70.4 Å². The van der Waals surface area contributed by atoms with Crippen molar-refractivity contribution in [2.24, 2.45) is 0 Å². The third-order valence-electron chi connectivity index (χ3n) is 5.03. The monoisotopic (exact) mass is 381 g/mol. The summed E-state index contributed by atoms with van der Waals surface area (Å²) in [5, 5.41) is 4.29. The van der Waals surface area contributed by atoms with Crippen molar-refractivity contribution < 1.29 is 9.59 Å². The molecule has 1 atom stereocenters. The lowest BCUT2D eigenvalue weighted by Crippen LogP contribution is -2.48. The van der Waals surface area contributed by atoms with E-state index in [-0.39, 0.29) is 11.8 Å². The predicted molar refractivity (Wildman–Crippen MR) is 106 cm³/mol. The molecule has 3 aromatic rings. The van der Waals surface area contributed by atoms with Gasteiger partial charge in [0.1, 0.15) is 6.04 Å². The highest BCUT2D eigenvalue weighted by molar-refractivity contribution is 6.33. The van der Waals surface area contributed by atoms with Crippen molar-refractivity contribution in [3.8, 4) is 0 Å². The molecule has 2 heterocycles. The second-order valence-electron chi connectivity index (χ2n) is 6.81. The van der Waals surface area contributed by atoms with Crippen molar-refractivity contribution in [3.63, 3.8) is 0 Å². The zero-order chi connectivity index (χ0) is 19.0. The fourth-order valence-corrected chi connectivity index (χ4v) is 3.83. The lowest BCUT2D eigenvalue weighted by atomic mass is 10.0. The highest BCUT2D eigenvalue weighted by Crippen LogP contribution is 2.27. The highest BCUT2D eigenvalue weighted by Gasteiger charge is 2.28. The molecular formula is C21H20ClN3O2. The summed E-state index contributed by atoms with van der Waals surface area (Å²) in [7, 11) is 0. The molecule has 0 fully saturated rings. The molecule has 1 aliphatic rings. The van der Waals surface area contributed by atoms with Gasteiger partial charge in [-0.25, -0.2) is 0 Å². The van der Waals surface area contributed by atoms with Crippen LogP contribution in [0.5, 0.6) is 0 Å². The van der Waals surface area contributed by atoms with E-state index in [1.165, 1.54) is 5.69 Å². The van der Waals surface area contributed by atoms with E-state index in [1.54, 1.807) is 36.1 Å². The van der Waals surface area contributed by atoms with Gasteiger partial charge in [0.2, 0.25) is 5.91 Å². The Kier molecular flexibility index (Phi) is 4.62. The highest BCUT2D eigenvalue weighted by atomic mass is 35.5. The number of carbonyl (C=O) groups is 2. The van der Waals surface area contributed by atoms with E-state index in [0.29, 0.717) is 23.7 Å². The molecule has 0 saturated carbocycles. The van der Waals surface area contributed by atoms with Crippen molar-refractivity contribution in [2.75, 3.05) is 6.54 Å². The maximum Gasteiger partial charge on any atom is 0.253 e. The quantitative estimate of drug-likeness (QED) is 0.729. The number of amides is 2. The average Bonchev–Trinajstić information content (AvgIpc) is 3.05. The Morgan fingerprint density at radius 1 is 1.15 bits per heavy atom. The Balaban J connectivity index is 1.48. The number of hydrogen-bond donors (Lipinski definition) is 2. The van der Waals surface area contributed by atoms with Gasteiger partial charge in [-0.2, -0.15) is 0 Å². The zero-order valence-corrected chi connectivity index (χ0v) is 15.7. The minimum Gasteiger partial charge on any atom is -0.358 e. The van der Waals surface area contributed by atoms with Crippen LogP contribution in [0, 0.1) is 0 Å². The number of aromatic nitrogens is 1. The average molecular weight is 382 g/mol. The van der Waals surface area contributed by atoms with Gasteiger partial charge in [0, 0.05) is 41.7 Å². The van der Waals surface area contributed by atoms with Crippen LogP contribution in [-0.2, 0) is 17.8 Å². The summed E-state index contributed by atoms with van der Waals surface area (Å²) < 4.78 is 0. The van der Waals surface area contributed by atoms with Crippen LogP contribution in [0.15, 0.2) is 48.5 Å². The van der Waals surface area contributed by atoms with Gasteiger partial charge in [-0.1, -0.05) is 41.9 Å². The molecular weight excluding hydrogens is 362 g/mol. The predicted octanol–water partition coefficient (Wildman–Crippen LogP) is 3.52. The van der Waals surface area contributed by atoms with Crippen LogP contribution in [0.1, 0.15) is 28.5 Å². The SMILES string of the molecule is C[C@@H](NC(=O)c1ccccc1Cl)C(=O)N1CCc2[nH]c3ccccc3c2C1. The molecule has 0 bridgehead atoms. The number of benzene rings is 2.